The minimum Gasteiger partial charge on any atom is -0.395 e. The standard InChI is InChI=1S/C9H21NO/c1-4-6-9(5-2)10(3)7-8-11/h9,11H,4-8H2,1-3H3. The fraction of sp³-hybridized carbons (Fsp3) is 1.00. The van der Waals surface area contributed by atoms with Crippen LogP contribution in [0, 0.1) is 0 Å². The zero-order valence-corrected chi connectivity index (χ0v) is 8.01. The van der Waals surface area contributed by atoms with Crippen molar-refractivity contribution in [3.63, 3.8) is 0 Å². The van der Waals surface area contributed by atoms with Crippen molar-refractivity contribution in [2.45, 2.75) is 39.2 Å². The van der Waals surface area contributed by atoms with Crippen LogP contribution >= 0.6 is 0 Å². The fourth-order valence-electron chi connectivity index (χ4n) is 1.41. The molecule has 0 radical (unpaired) electrons. The molecule has 1 N–H and O–H groups in total. The summed E-state index contributed by atoms with van der Waals surface area (Å²) in [4.78, 5) is 2.24. The zero-order chi connectivity index (χ0) is 8.69. The van der Waals surface area contributed by atoms with E-state index in [1.54, 1.807) is 0 Å². The SMILES string of the molecule is CCCC(CC)N(C)CCO. The fourth-order valence-corrected chi connectivity index (χ4v) is 1.41. The molecule has 0 aliphatic heterocycles. The molecule has 0 rings (SSSR count). The molecule has 0 fully saturated rings. The van der Waals surface area contributed by atoms with Crippen LogP contribution in [0.1, 0.15) is 33.1 Å². The van der Waals surface area contributed by atoms with E-state index in [1.807, 2.05) is 0 Å². The number of hydrogen-bond donors (Lipinski definition) is 1. The molecule has 0 aliphatic carbocycles. The van der Waals surface area contributed by atoms with Gasteiger partial charge in [-0.2, -0.15) is 0 Å². The van der Waals surface area contributed by atoms with Crippen LogP contribution in [-0.4, -0.2) is 36.2 Å². The van der Waals surface area contributed by atoms with Gasteiger partial charge in [-0.05, 0) is 19.9 Å². The van der Waals surface area contributed by atoms with E-state index >= 15 is 0 Å². The van der Waals surface area contributed by atoms with Crippen LogP contribution in [0.3, 0.4) is 0 Å². The predicted octanol–water partition coefficient (Wildman–Crippen LogP) is 1.49. The van der Waals surface area contributed by atoms with Crippen molar-refractivity contribution in [1.82, 2.24) is 4.90 Å². The van der Waals surface area contributed by atoms with Crippen molar-refractivity contribution < 1.29 is 5.11 Å². The smallest absolute Gasteiger partial charge is 0.0558 e. The summed E-state index contributed by atoms with van der Waals surface area (Å²) in [6.45, 7) is 5.48. The van der Waals surface area contributed by atoms with E-state index in [2.05, 4.69) is 25.8 Å². The Hall–Kier alpha value is -0.0800. The Morgan fingerprint density at radius 1 is 1.36 bits per heavy atom. The molecule has 0 amide bonds. The second-order valence-electron chi connectivity index (χ2n) is 3.05. The highest BCUT2D eigenvalue weighted by molar-refractivity contribution is 4.65. The van der Waals surface area contributed by atoms with Gasteiger partial charge in [-0.1, -0.05) is 20.3 Å². The topological polar surface area (TPSA) is 23.5 Å². The van der Waals surface area contributed by atoms with Gasteiger partial charge in [0.1, 0.15) is 0 Å². The number of aliphatic hydroxyl groups is 1. The third-order valence-corrected chi connectivity index (χ3v) is 2.17. The summed E-state index contributed by atoms with van der Waals surface area (Å²) in [6, 6.07) is 0.659. The minimum atomic E-state index is 0.275. The molecule has 1 atom stereocenters. The largest absolute Gasteiger partial charge is 0.395 e. The van der Waals surface area contributed by atoms with E-state index in [1.165, 1.54) is 19.3 Å². The lowest BCUT2D eigenvalue weighted by atomic mass is 10.1. The summed E-state index contributed by atoms with van der Waals surface area (Å²) in [7, 11) is 2.08. The summed E-state index contributed by atoms with van der Waals surface area (Å²) >= 11 is 0. The average Bonchev–Trinajstić information content (AvgIpc) is 2.00. The maximum absolute atomic E-state index is 8.71. The minimum absolute atomic E-state index is 0.275. The van der Waals surface area contributed by atoms with Crippen molar-refractivity contribution in [1.29, 1.82) is 0 Å². The van der Waals surface area contributed by atoms with Crippen LogP contribution in [-0.2, 0) is 0 Å². The molecule has 0 aromatic rings. The van der Waals surface area contributed by atoms with Gasteiger partial charge in [-0.15, -0.1) is 0 Å². The van der Waals surface area contributed by atoms with Crippen LogP contribution in [0.25, 0.3) is 0 Å². The summed E-state index contributed by atoms with van der Waals surface area (Å²) in [6.07, 6.45) is 3.66. The molecule has 0 aliphatic rings. The molecule has 2 nitrogen and oxygen atoms in total. The molecule has 0 saturated carbocycles. The van der Waals surface area contributed by atoms with E-state index in [-0.39, 0.29) is 6.61 Å². The zero-order valence-electron chi connectivity index (χ0n) is 8.01. The van der Waals surface area contributed by atoms with Gasteiger partial charge in [0, 0.05) is 12.6 Å². The number of aliphatic hydroxyl groups excluding tert-OH is 1. The van der Waals surface area contributed by atoms with Crippen molar-refractivity contribution >= 4 is 0 Å². The second-order valence-corrected chi connectivity index (χ2v) is 3.05. The van der Waals surface area contributed by atoms with Gasteiger partial charge < -0.3 is 10.0 Å². The number of nitrogens with zero attached hydrogens (tertiary/aromatic N) is 1. The molecule has 0 spiro atoms. The molecular weight excluding hydrogens is 138 g/mol. The molecule has 0 aromatic carbocycles. The van der Waals surface area contributed by atoms with Crippen LogP contribution in [0.15, 0.2) is 0 Å². The van der Waals surface area contributed by atoms with Crippen LogP contribution in [0.2, 0.25) is 0 Å². The summed E-state index contributed by atoms with van der Waals surface area (Å²) in [5.74, 6) is 0. The summed E-state index contributed by atoms with van der Waals surface area (Å²) < 4.78 is 0. The molecule has 0 heterocycles. The first-order chi connectivity index (χ1) is 5.26. The Morgan fingerprint density at radius 3 is 2.36 bits per heavy atom. The monoisotopic (exact) mass is 159 g/mol. The molecule has 2 heteroatoms. The van der Waals surface area contributed by atoms with E-state index in [0.29, 0.717) is 6.04 Å². The average molecular weight is 159 g/mol. The van der Waals surface area contributed by atoms with Gasteiger partial charge in [0.05, 0.1) is 6.61 Å². The maximum Gasteiger partial charge on any atom is 0.0558 e. The first kappa shape index (κ1) is 10.9. The van der Waals surface area contributed by atoms with Crippen LogP contribution in [0.5, 0.6) is 0 Å². The van der Waals surface area contributed by atoms with Gasteiger partial charge in [0.25, 0.3) is 0 Å². The third kappa shape index (κ3) is 4.38. The van der Waals surface area contributed by atoms with Crippen molar-refractivity contribution in [3.05, 3.63) is 0 Å². The van der Waals surface area contributed by atoms with Crippen LogP contribution < -0.4 is 0 Å². The molecule has 1 unspecified atom stereocenters. The highest BCUT2D eigenvalue weighted by Crippen LogP contribution is 2.07. The first-order valence-corrected chi connectivity index (χ1v) is 4.57. The van der Waals surface area contributed by atoms with Gasteiger partial charge in [0.15, 0.2) is 0 Å². The molecular formula is C9H21NO. The lowest BCUT2D eigenvalue weighted by Gasteiger charge is -2.25. The second kappa shape index (κ2) is 6.62. The highest BCUT2D eigenvalue weighted by Gasteiger charge is 2.09. The van der Waals surface area contributed by atoms with Gasteiger partial charge in [0.2, 0.25) is 0 Å². The van der Waals surface area contributed by atoms with E-state index in [0.717, 1.165) is 6.54 Å². The molecule has 0 aromatic heterocycles. The van der Waals surface area contributed by atoms with E-state index in [9.17, 15) is 0 Å². The lowest BCUT2D eigenvalue weighted by Crippen LogP contribution is -2.33. The molecule has 11 heavy (non-hydrogen) atoms. The van der Waals surface area contributed by atoms with Crippen molar-refractivity contribution in [3.8, 4) is 0 Å². The maximum atomic E-state index is 8.71. The Balaban J connectivity index is 3.61. The summed E-state index contributed by atoms with van der Waals surface area (Å²) in [5.41, 5.74) is 0. The van der Waals surface area contributed by atoms with Crippen molar-refractivity contribution in [2.24, 2.45) is 0 Å². The van der Waals surface area contributed by atoms with Crippen molar-refractivity contribution in [2.75, 3.05) is 20.2 Å². The Labute approximate surface area is 70.2 Å². The first-order valence-electron chi connectivity index (χ1n) is 4.57. The Kier molecular flexibility index (Phi) is 6.57. The van der Waals surface area contributed by atoms with Gasteiger partial charge in [-0.3, -0.25) is 0 Å². The molecule has 0 saturated heterocycles. The predicted molar refractivity (Wildman–Crippen MR) is 48.7 cm³/mol. The number of hydrogen-bond acceptors (Lipinski definition) is 2. The number of likely N-dealkylation sites (N-methyl/N-ethyl adjacent to an activating group) is 1. The molecule has 0 bridgehead atoms. The molecule has 68 valence electrons. The van der Waals surface area contributed by atoms with E-state index < -0.39 is 0 Å². The lowest BCUT2D eigenvalue weighted by molar-refractivity contribution is 0.170. The van der Waals surface area contributed by atoms with Gasteiger partial charge in [-0.25, -0.2) is 0 Å². The Morgan fingerprint density at radius 2 is 2.00 bits per heavy atom. The normalized spacial score (nSPS) is 13.9. The van der Waals surface area contributed by atoms with Gasteiger partial charge >= 0.3 is 0 Å². The van der Waals surface area contributed by atoms with E-state index in [4.69, 9.17) is 5.11 Å². The summed E-state index contributed by atoms with van der Waals surface area (Å²) in [5, 5.41) is 8.71. The van der Waals surface area contributed by atoms with Crippen LogP contribution in [0.4, 0.5) is 0 Å². The highest BCUT2D eigenvalue weighted by atomic mass is 16.3. The Bertz CT molecular complexity index is 85.6. The number of rotatable bonds is 6. The third-order valence-electron chi connectivity index (χ3n) is 2.17. The quantitative estimate of drug-likeness (QED) is 0.634.